The number of phenolic OH excluding ortho intramolecular Hbond substituents is 2. The molecule has 0 saturated heterocycles. The summed E-state index contributed by atoms with van der Waals surface area (Å²) in [6.07, 6.45) is -0.352. The summed E-state index contributed by atoms with van der Waals surface area (Å²) in [7, 11) is 4.44. The van der Waals surface area contributed by atoms with E-state index in [0.717, 1.165) is 0 Å². The second-order valence-electron chi connectivity index (χ2n) is 4.30. The normalized spacial score (nSPS) is 12.6. The molecule has 2 N–H and O–H groups in total. The highest BCUT2D eigenvalue weighted by Gasteiger charge is 2.28. The van der Waals surface area contributed by atoms with Crippen molar-refractivity contribution < 1.29 is 24.4 Å². The molecule has 0 bridgehead atoms. The van der Waals surface area contributed by atoms with Crippen LogP contribution in [-0.4, -0.2) is 31.5 Å². The molecule has 0 spiro atoms. The molecule has 0 radical (unpaired) electrons. The third-order valence-corrected chi connectivity index (χ3v) is 2.79. The largest absolute Gasteiger partial charge is 0.507 e. The number of hydrogen-bond acceptors (Lipinski definition) is 5. The van der Waals surface area contributed by atoms with E-state index in [1.165, 1.54) is 20.3 Å². The minimum absolute atomic E-state index is 0.0781. The Labute approximate surface area is 107 Å². The average Bonchev–Trinajstić information content (AvgIpc) is 2.31. The Morgan fingerprint density at radius 2 is 1.50 bits per heavy atom. The molecule has 1 aromatic carbocycles. The summed E-state index contributed by atoms with van der Waals surface area (Å²) in [5.74, 6) is 0.354. The highest BCUT2D eigenvalue weighted by Crippen LogP contribution is 2.48. The van der Waals surface area contributed by atoms with Crippen molar-refractivity contribution in [2.24, 2.45) is 5.92 Å². The molecule has 0 saturated carbocycles. The van der Waals surface area contributed by atoms with Crippen LogP contribution in [0, 0.1) is 5.92 Å². The van der Waals surface area contributed by atoms with Gasteiger partial charge in [0.2, 0.25) is 5.75 Å². The second kappa shape index (κ2) is 5.82. The molecular formula is C13H20O5. The summed E-state index contributed by atoms with van der Waals surface area (Å²) >= 11 is 0. The summed E-state index contributed by atoms with van der Waals surface area (Å²) < 4.78 is 15.7. The third kappa shape index (κ3) is 2.46. The smallest absolute Gasteiger partial charge is 0.203 e. The van der Waals surface area contributed by atoms with Gasteiger partial charge in [0.05, 0.1) is 25.9 Å². The first kappa shape index (κ1) is 14.4. The van der Waals surface area contributed by atoms with Crippen LogP contribution in [-0.2, 0) is 4.74 Å². The van der Waals surface area contributed by atoms with Gasteiger partial charge >= 0.3 is 0 Å². The van der Waals surface area contributed by atoms with Crippen LogP contribution in [0.2, 0.25) is 0 Å². The van der Waals surface area contributed by atoms with Gasteiger partial charge in [-0.2, -0.15) is 0 Å². The lowest BCUT2D eigenvalue weighted by atomic mass is 9.96. The number of phenols is 2. The molecule has 0 heterocycles. The fourth-order valence-corrected chi connectivity index (χ4v) is 2.03. The van der Waals surface area contributed by atoms with Crippen LogP contribution in [0.1, 0.15) is 25.5 Å². The van der Waals surface area contributed by atoms with Gasteiger partial charge < -0.3 is 24.4 Å². The van der Waals surface area contributed by atoms with Crippen molar-refractivity contribution in [1.29, 1.82) is 0 Å². The van der Waals surface area contributed by atoms with E-state index in [-0.39, 0.29) is 35.0 Å². The zero-order valence-electron chi connectivity index (χ0n) is 11.4. The standard InChI is InChI=1S/C13H20O5/c1-7(2)11(16-3)10-8(14)6-9(15)12(17-4)13(10)18-5/h6-7,11,14-15H,1-5H3. The third-order valence-electron chi connectivity index (χ3n) is 2.79. The summed E-state index contributed by atoms with van der Waals surface area (Å²) in [6, 6.07) is 1.23. The molecule has 1 rings (SSSR count). The van der Waals surface area contributed by atoms with Crippen LogP contribution in [0.25, 0.3) is 0 Å². The van der Waals surface area contributed by atoms with Crippen LogP contribution in [0.3, 0.4) is 0 Å². The van der Waals surface area contributed by atoms with E-state index in [9.17, 15) is 10.2 Å². The first-order valence-corrected chi connectivity index (χ1v) is 5.67. The van der Waals surface area contributed by atoms with Crippen molar-refractivity contribution in [3.8, 4) is 23.0 Å². The topological polar surface area (TPSA) is 68.2 Å². The molecule has 0 amide bonds. The Hall–Kier alpha value is -1.62. The maximum atomic E-state index is 10.00. The maximum Gasteiger partial charge on any atom is 0.203 e. The monoisotopic (exact) mass is 256 g/mol. The first-order chi connectivity index (χ1) is 8.47. The molecule has 1 unspecified atom stereocenters. The van der Waals surface area contributed by atoms with E-state index in [1.54, 1.807) is 7.11 Å². The summed E-state index contributed by atoms with van der Waals surface area (Å²) in [6.45, 7) is 3.93. The number of aromatic hydroxyl groups is 2. The fourth-order valence-electron chi connectivity index (χ4n) is 2.03. The van der Waals surface area contributed by atoms with Crippen molar-refractivity contribution in [2.75, 3.05) is 21.3 Å². The minimum Gasteiger partial charge on any atom is -0.507 e. The molecule has 102 valence electrons. The van der Waals surface area contributed by atoms with Crippen molar-refractivity contribution >= 4 is 0 Å². The molecule has 18 heavy (non-hydrogen) atoms. The van der Waals surface area contributed by atoms with Gasteiger partial charge in [0.15, 0.2) is 11.5 Å². The molecule has 1 atom stereocenters. The minimum atomic E-state index is -0.352. The molecular weight excluding hydrogens is 236 g/mol. The van der Waals surface area contributed by atoms with Gasteiger partial charge in [-0.05, 0) is 5.92 Å². The lowest BCUT2D eigenvalue weighted by Gasteiger charge is -2.24. The Morgan fingerprint density at radius 1 is 0.944 bits per heavy atom. The Bertz CT molecular complexity index is 414. The highest BCUT2D eigenvalue weighted by molar-refractivity contribution is 5.61. The number of hydrogen-bond donors (Lipinski definition) is 2. The first-order valence-electron chi connectivity index (χ1n) is 5.67. The lowest BCUT2D eigenvalue weighted by Crippen LogP contribution is -2.11. The van der Waals surface area contributed by atoms with Crippen LogP contribution < -0.4 is 9.47 Å². The van der Waals surface area contributed by atoms with Crippen molar-refractivity contribution in [3.05, 3.63) is 11.6 Å². The zero-order chi connectivity index (χ0) is 13.9. The van der Waals surface area contributed by atoms with Crippen LogP contribution in [0.4, 0.5) is 0 Å². The molecule has 0 aliphatic carbocycles. The van der Waals surface area contributed by atoms with Crippen LogP contribution >= 0.6 is 0 Å². The summed E-state index contributed by atoms with van der Waals surface area (Å²) in [4.78, 5) is 0. The Morgan fingerprint density at radius 3 is 1.89 bits per heavy atom. The van der Waals surface area contributed by atoms with E-state index in [4.69, 9.17) is 14.2 Å². The zero-order valence-corrected chi connectivity index (χ0v) is 11.4. The number of methoxy groups -OCH3 is 3. The highest BCUT2D eigenvalue weighted by atomic mass is 16.5. The van der Waals surface area contributed by atoms with E-state index in [1.807, 2.05) is 13.8 Å². The number of benzene rings is 1. The van der Waals surface area contributed by atoms with Crippen molar-refractivity contribution in [2.45, 2.75) is 20.0 Å². The summed E-state index contributed by atoms with van der Waals surface area (Å²) in [5, 5.41) is 19.7. The van der Waals surface area contributed by atoms with Crippen molar-refractivity contribution in [1.82, 2.24) is 0 Å². The van der Waals surface area contributed by atoms with Gasteiger partial charge in [-0.15, -0.1) is 0 Å². The van der Waals surface area contributed by atoms with Crippen molar-refractivity contribution in [3.63, 3.8) is 0 Å². The average molecular weight is 256 g/mol. The number of rotatable bonds is 5. The lowest BCUT2D eigenvalue weighted by molar-refractivity contribution is 0.0600. The van der Waals surface area contributed by atoms with Gasteiger partial charge in [-0.3, -0.25) is 0 Å². The molecule has 0 fully saturated rings. The number of ether oxygens (including phenoxy) is 3. The van der Waals surface area contributed by atoms with Gasteiger partial charge in [-0.1, -0.05) is 13.8 Å². The SMILES string of the molecule is COc1c(O)cc(O)c(C(OC)C(C)C)c1OC. The Balaban J connectivity index is 3.50. The van der Waals surface area contributed by atoms with Gasteiger partial charge in [0.1, 0.15) is 5.75 Å². The molecule has 0 aliphatic rings. The van der Waals surface area contributed by atoms with Gasteiger partial charge in [-0.25, -0.2) is 0 Å². The Kier molecular flexibility index (Phi) is 4.67. The quantitative estimate of drug-likeness (QED) is 0.847. The predicted molar refractivity (Wildman–Crippen MR) is 67.5 cm³/mol. The molecule has 1 aromatic rings. The predicted octanol–water partition coefficient (Wildman–Crippen LogP) is 2.46. The van der Waals surface area contributed by atoms with E-state index >= 15 is 0 Å². The van der Waals surface area contributed by atoms with Gasteiger partial charge in [0, 0.05) is 13.2 Å². The summed E-state index contributed by atoms with van der Waals surface area (Å²) in [5.41, 5.74) is 0.477. The van der Waals surface area contributed by atoms with E-state index in [2.05, 4.69) is 0 Å². The van der Waals surface area contributed by atoms with Crippen LogP contribution in [0.5, 0.6) is 23.0 Å². The molecule has 0 aliphatic heterocycles. The maximum absolute atomic E-state index is 10.00. The second-order valence-corrected chi connectivity index (χ2v) is 4.30. The molecule has 5 heteroatoms. The van der Waals surface area contributed by atoms with Gasteiger partial charge in [0.25, 0.3) is 0 Å². The molecule has 0 aromatic heterocycles. The molecule has 5 nitrogen and oxygen atoms in total. The van der Waals surface area contributed by atoms with E-state index in [0.29, 0.717) is 5.56 Å². The van der Waals surface area contributed by atoms with Crippen LogP contribution in [0.15, 0.2) is 6.07 Å². The fraction of sp³-hybridized carbons (Fsp3) is 0.538. The van der Waals surface area contributed by atoms with E-state index < -0.39 is 0 Å².